The minimum Gasteiger partial charge on any atom is -0.466 e. The molecule has 0 atom stereocenters. The fourth-order valence-corrected chi connectivity index (χ4v) is 3.05. The SMILES string of the molecule is CCOC(=O)C1(CNc2c([N+](=O)[O-])cnc3ccccc23)CCC1. The van der Waals surface area contributed by atoms with Crippen molar-refractivity contribution in [2.75, 3.05) is 18.5 Å². The zero-order valence-corrected chi connectivity index (χ0v) is 13.4. The van der Waals surface area contributed by atoms with Crippen LogP contribution in [0.15, 0.2) is 30.5 Å². The minimum atomic E-state index is -0.589. The van der Waals surface area contributed by atoms with E-state index in [2.05, 4.69) is 10.3 Å². The molecular weight excluding hydrogens is 310 g/mol. The van der Waals surface area contributed by atoms with E-state index in [-0.39, 0.29) is 11.7 Å². The molecule has 1 N–H and O–H groups in total. The van der Waals surface area contributed by atoms with Gasteiger partial charge in [-0.1, -0.05) is 24.6 Å². The van der Waals surface area contributed by atoms with Crippen molar-refractivity contribution < 1.29 is 14.5 Å². The largest absolute Gasteiger partial charge is 0.466 e. The number of ether oxygens (including phenoxy) is 1. The molecule has 2 aromatic rings. The van der Waals surface area contributed by atoms with Crippen molar-refractivity contribution in [3.8, 4) is 0 Å². The highest BCUT2D eigenvalue weighted by molar-refractivity contribution is 5.95. The number of benzene rings is 1. The number of hydrogen-bond acceptors (Lipinski definition) is 6. The van der Waals surface area contributed by atoms with Gasteiger partial charge in [-0.05, 0) is 25.8 Å². The maximum Gasteiger partial charge on any atom is 0.313 e. The Morgan fingerprint density at radius 1 is 1.42 bits per heavy atom. The van der Waals surface area contributed by atoms with E-state index in [1.54, 1.807) is 19.1 Å². The summed E-state index contributed by atoms with van der Waals surface area (Å²) in [5, 5.41) is 15.2. The first-order valence-corrected chi connectivity index (χ1v) is 8.00. The number of aromatic nitrogens is 1. The lowest BCUT2D eigenvalue weighted by atomic mass is 9.68. The van der Waals surface area contributed by atoms with Gasteiger partial charge in [0.1, 0.15) is 11.9 Å². The minimum absolute atomic E-state index is 0.0907. The predicted octanol–water partition coefficient (Wildman–Crippen LogP) is 3.29. The fourth-order valence-electron chi connectivity index (χ4n) is 3.05. The zero-order valence-electron chi connectivity index (χ0n) is 13.4. The van der Waals surface area contributed by atoms with E-state index in [4.69, 9.17) is 4.74 Å². The Hall–Kier alpha value is -2.70. The Balaban J connectivity index is 1.93. The number of hydrogen-bond donors (Lipinski definition) is 1. The molecule has 0 unspecified atom stereocenters. The van der Waals surface area contributed by atoms with Crippen LogP contribution in [-0.2, 0) is 9.53 Å². The van der Waals surface area contributed by atoms with Crippen LogP contribution in [0.25, 0.3) is 10.9 Å². The Morgan fingerprint density at radius 3 is 2.79 bits per heavy atom. The highest BCUT2D eigenvalue weighted by Gasteiger charge is 2.45. The number of nitrogens with zero attached hydrogens (tertiary/aromatic N) is 2. The van der Waals surface area contributed by atoms with E-state index >= 15 is 0 Å². The molecule has 1 heterocycles. The maximum absolute atomic E-state index is 12.2. The standard InChI is InChI=1S/C17H19N3O4/c1-2-24-16(21)17(8-5-9-17)11-19-15-12-6-3-4-7-13(12)18-10-14(15)20(22)23/h3-4,6-7,10H,2,5,8-9,11H2,1H3,(H,18,19). The molecule has 3 rings (SSSR count). The van der Waals surface area contributed by atoms with Crippen LogP contribution < -0.4 is 5.32 Å². The second-order valence-corrected chi connectivity index (χ2v) is 6.00. The van der Waals surface area contributed by atoms with Gasteiger partial charge >= 0.3 is 11.7 Å². The van der Waals surface area contributed by atoms with Crippen LogP contribution in [0.1, 0.15) is 26.2 Å². The molecule has 7 heteroatoms. The van der Waals surface area contributed by atoms with Gasteiger partial charge in [0.2, 0.25) is 0 Å². The molecule has 1 fully saturated rings. The third kappa shape index (κ3) is 2.77. The highest BCUT2D eigenvalue weighted by atomic mass is 16.6. The number of nitrogens with one attached hydrogen (secondary N) is 1. The van der Waals surface area contributed by atoms with Crippen LogP contribution in [0.3, 0.4) is 0 Å². The molecule has 126 valence electrons. The fraction of sp³-hybridized carbons (Fsp3) is 0.412. The van der Waals surface area contributed by atoms with Crippen molar-refractivity contribution in [2.24, 2.45) is 5.41 Å². The number of rotatable bonds is 6. The molecule has 0 saturated heterocycles. The van der Waals surface area contributed by atoms with Crippen LogP contribution >= 0.6 is 0 Å². The first-order chi connectivity index (χ1) is 11.6. The monoisotopic (exact) mass is 329 g/mol. The third-order valence-electron chi connectivity index (χ3n) is 4.57. The first-order valence-electron chi connectivity index (χ1n) is 8.00. The smallest absolute Gasteiger partial charge is 0.313 e. The molecule has 1 saturated carbocycles. The van der Waals surface area contributed by atoms with E-state index in [0.717, 1.165) is 19.3 Å². The van der Waals surface area contributed by atoms with Crippen molar-refractivity contribution in [2.45, 2.75) is 26.2 Å². The van der Waals surface area contributed by atoms with Gasteiger partial charge in [-0.3, -0.25) is 14.9 Å². The second-order valence-electron chi connectivity index (χ2n) is 6.00. The number of carbonyl (C=O) groups is 1. The molecular formula is C17H19N3O4. The van der Waals surface area contributed by atoms with Crippen LogP contribution in [0.5, 0.6) is 0 Å². The lowest BCUT2D eigenvalue weighted by molar-refractivity contribution is -0.384. The summed E-state index contributed by atoms with van der Waals surface area (Å²) in [6, 6.07) is 7.23. The average Bonchev–Trinajstić information content (AvgIpc) is 2.53. The second kappa shape index (κ2) is 6.43. The summed E-state index contributed by atoms with van der Waals surface area (Å²) < 4.78 is 5.18. The molecule has 1 aromatic carbocycles. The third-order valence-corrected chi connectivity index (χ3v) is 4.57. The van der Waals surface area contributed by atoms with Crippen molar-refractivity contribution in [1.82, 2.24) is 4.98 Å². The van der Waals surface area contributed by atoms with Gasteiger partial charge in [-0.2, -0.15) is 0 Å². The number of para-hydroxylation sites is 1. The van der Waals surface area contributed by atoms with E-state index in [0.29, 0.717) is 29.7 Å². The number of anilines is 1. The van der Waals surface area contributed by atoms with E-state index in [1.807, 2.05) is 12.1 Å². The molecule has 1 aliphatic carbocycles. The van der Waals surface area contributed by atoms with Crippen molar-refractivity contribution in [3.63, 3.8) is 0 Å². The van der Waals surface area contributed by atoms with Crippen LogP contribution in [0, 0.1) is 15.5 Å². The summed E-state index contributed by atoms with van der Waals surface area (Å²) in [5.74, 6) is -0.232. The maximum atomic E-state index is 12.2. The summed E-state index contributed by atoms with van der Waals surface area (Å²) in [6.07, 6.45) is 3.67. The van der Waals surface area contributed by atoms with Crippen LogP contribution in [0.4, 0.5) is 11.4 Å². The Bertz CT molecular complexity index is 786. The van der Waals surface area contributed by atoms with Gasteiger partial charge in [-0.15, -0.1) is 0 Å². The Morgan fingerprint density at radius 2 is 2.17 bits per heavy atom. The lowest BCUT2D eigenvalue weighted by Crippen LogP contribution is -2.45. The topological polar surface area (TPSA) is 94.4 Å². The van der Waals surface area contributed by atoms with Gasteiger partial charge in [0.05, 0.1) is 22.5 Å². The summed E-state index contributed by atoms with van der Waals surface area (Å²) in [6.45, 7) is 2.43. The molecule has 7 nitrogen and oxygen atoms in total. The van der Waals surface area contributed by atoms with Gasteiger partial charge in [0, 0.05) is 11.9 Å². The van der Waals surface area contributed by atoms with Gasteiger partial charge < -0.3 is 10.1 Å². The quantitative estimate of drug-likeness (QED) is 0.496. The zero-order chi connectivity index (χ0) is 17.2. The Kier molecular flexibility index (Phi) is 4.33. The van der Waals surface area contributed by atoms with E-state index in [1.165, 1.54) is 6.20 Å². The van der Waals surface area contributed by atoms with E-state index < -0.39 is 10.3 Å². The van der Waals surface area contributed by atoms with Crippen molar-refractivity contribution >= 4 is 28.2 Å². The molecule has 1 aromatic heterocycles. The molecule has 0 bridgehead atoms. The highest BCUT2D eigenvalue weighted by Crippen LogP contribution is 2.43. The number of carbonyl (C=O) groups excluding carboxylic acids is 1. The molecule has 0 radical (unpaired) electrons. The normalized spacial score (nSPS) is 15.5. The summed E-state index contributed by atoms with van der Waals surface area (Å²) in [4.78, 5) is 27.3. The van der Waals surface area contributed by atoms with Crippen molar-refractivity contribution in [1.29, 1.82) is 0 Å². The number of esters is 1. The van der Waals surface area contributed by atoms with E-state index in [9.17, 15) is 14.9 Å². The molecule has 1 aliphatic rings. The number of pyridine rings is 1. The van der Waals surface area contributed by atoms with Crippen LogP contribution in [-0.4, -0.2) is 29.0 Å². The summed E-state index contributed by atoms with van der Waals surface area (Å²) in [7, 11) is 0. The predicted molar refractivity (Wildman–Crippen MR) is 89.8 cm³/mol. The summed E-state index contributed by atoms with van der Waals surface area (Å²) in [5.41, 5.74) is 0.395. The first kappa shape index (κ1) is 16.2. The molecule has 0 spiro atoms. The lowest BCUT2D eigenvalue weighted by Gasteiger charge is -2.39. The van der Waals surface area contributed by atoms with Crippen LogP contribution in [0.2, 0.25) is 0 Å². The molecule has 0 amide bonds. The van der Waals surface area contributed by atoms with Gasteiger partial charge in [-0.25, -0.2) is 4.98 Å². The molecule has 0 aliphatic heterocycles. The Labute approximate surface area is 139 Å². The average molecular weight is 329 g/mol. The molecule has 24 heavy (non-hydrogen) atoms. The van der Waals surface area contributed by atoms with Gasteiger partial charge in [0.15, 0.2) is 0 Å². The van der Waals surface area contributed by atoms with Crippen molar-refractivity contribution in [3.05, 3.63) is 40.6 Å². The van der Waals surface area contributed by atoms with Gasteiger partial charge in [0.25, 0.3) is 0 Å². The summed E-state index contributed by atoms with van der Waals surface area (Å²) >= 11 is 0. The number of fused-ring (bicyclic) bond motifs is 1. The number of nitro groups is 1.